The van der Waals surface area contributed by atoms with E-state index in [1.54, 1.807) is 32.2 Å². The monoisotopic (exact) mass is 636 g/mol. The van der Waals surface area contributed by atoms with Crippen LogP contribution in [0.1, 0.15) is 24.1 Å². The largest absolute Gasteiger partial charge is 0.495 e. The number of anilines is 2. The van der Waals surface area contributed by atoms with Gasteiger partial charge in [-0.05, 0) is 55.5 Å². The van der Waals surface area contributed by atoms with Gasteiger partial charge in [-0.1, -0.05) is 12.0 Å². The van der Waals surface area contributed by atoms with Gasteiger partial charge in [-0.3, -0.25) is 0 Å². The van der Waals surface area contributed by atoms with E-state index in [9.17, 15) is 26.7 Å². The summed E-state index contributed by atoms with van der Waals surface area (Å²) in [6.07, 6.45) is -2.25. The molecule has 1 aromatic heterocycles. The van der Waals surface area contributed by atoms with Gasteiger partial charge < -0.3 is 34.7 Å². The molecule has 4 rings (SSSR count). The average molecular weight is 637 g/mol. The molecule has 2 aromatic carbocycles. The molecule has 0 spiro atoms. The van der Waals surface area contributed by atoms with Gasteiger partial charge in [-0.15, -0.1) is 0 Å². The number of likely N-dealkylation sites (tertiary alicyclic amines) is 1. The second-order valence-corrected chi connectivity index (χ2v) is 13.0. The van der Waals surface area contributed by atoms with Gasteiger partial charge in [0.05, 0.1) is 48.2 Å². The molecule has 1 fully saturated rings. The van der Waals surface area contributed by atoms with Crippen molar-refractivity contribution in [2.75, 3.05) is 63.9 Å². The number of aliphatic hydroxyl groups is 1. The second-order valence-electron chi connectivity index (χ2n) is 11.0. The third-order valence-electron chi connectivity index (χ3n) is 7.62. The Kier molecular flexibility index (Phi) is 10.7. The molecule has 1 unspecified atom stereocenters. The fraction of sp³-hybridized carbons (Fsp3) is 0.484. The minimum Gasteiger partial charge on any atom is -0.495 e. The van der Waals surface area contributed by atoms with Crippen LogP contribution in [0.25, 0.3) is 10.9 Å². The van der Waals surface area contributed by atoms with Crippen LogP contribution in [0.2, 0.25) is 0 Å². The molecule has 9 nitrogen and oxygen atoms in total. The number of β-amino-alcohol motifs (C(OH)–C–C–N with tert-alkyl or cyclic N) is 1. The number of piperidine rings is 1. The first-order chi connectivity index (χ1) is 20.8. The minimum absolute atomic E-state index is 0.0876. The number of aryl methyl sites for hydroxylation is 1. The Morgan fingerprint density at radius 1 is 1.14 bits per heavy atom. The first-order valence-corrected chi connectivity index (χ1v) is 16.1. The number of nitrogens with one attached hydrogen (secondary N) is 2. The van der Waals surface area contributed by atoms with E-state index >= 15 is 0 Å². The number of hydrogen-bond donors (Lipinski definition) is 3. The number of alkyl halides is 3. The van der Waals surface area contributed by atoms with E-state index < -0.39 is 28.7 Å². The van der Waals surface area contributed by atoms with E-state index in [1.165, 1.54) is 23.8 Å². The quantitative estimate of drug-likeness (QED) is 0.268. The van der Waals surface area contributed by atoms with Gasteiger partial charge in [0.25, 0.3) is 0 Å². The number of halogens is 3. The molecule has 13 heteroatoms. The predicted octanol–water partition coefficient (Wildman–Crippen LogP) is 4.27. The molecule has 0 bridgehead atoms. The zero-order chi connectivity index (χ0) is 32.1. The van der Waals surface area contributed by atoms with Crippen molar-refractivity contribution in [3.05, 3.63) is 47.7 Å². The van der Waals surface area contributed by atoms with Crippen molar-refractivity contribution in [3.63, 3.8) is 0 Å². The Labute approximate surface area is 256 Å². The highest BCUT2D eigenvalue weighted by Gasteiger charge is 2.31. The Hall–Kier alpha value is -3.44. The molecular formula is C31H39F3N4O5S. The van der Waals surface area contributed by atoms with E-state index in [4.69, 9.17) is 9.47 Å². The maximum atomic E-state index is 13.7. The molecule has 44 heavy (non-hydrogen) atoms. The smallest absolute Gasteiger partial charge is 0.406 e. The third-order valence-corrected chi connectivity index (χ3v) is 8.73. The summed E-state index contributed by atoms with van der Waals surface area (Å²) in [6.45, 7) is 3.07. The normalized spacial score (nSPS) is 15.5. The van der Waals surface area contributed by atoms with Gasteiger partial charge in [0.15, 0.2) is 9.84 Å². The highest BCUT2D eigenvalue weighted by molar-refractivity contribution is 7.90. The Balaban J connectivity index is 1.56. The van der Waals surface area contributed by atoms with Crippen molar-refractivity contribution in [2.45, 2.75) is 49.5 Å². The summed E-state index contributed by atoms with van der Waals surface area (Å²) in [5.41, 5.74) is 2.63. The summed E-state index contributed by atoms with van der Waals surface area (Å²) in [5, 5.41) is 17.4. The van der Waals surface area contributed by atoms with Crippen LogP contribution in [-0.4, -0.2) is 94.6 Å². The van der Waals surface area contributed by atoms with E-state index in [1.807, 2.05) is 6.07 Å². The summed E-state index contributed by atoms with van der Waals surface area (Å²) in [5.74, 6) is 6.18. The number of methoxy groups -OCH3 is 2. The summed E-state index contributed by atoms with van der Waals surface area (Å²) in [4.78, 5) is 2.29. The first-order valence-electron chi connectivity index (χ1n) is 14.3. The number of ether oxygens (including phenoxy) is 2. The van der Waals surface area contributed by atoms with Crippen LogP contribution in [0.4, 0.5) is 24.5 Å². The molecule has 240 valence electrons. The molecule has 0 amide bonds. The van der Waals surface area contributed by atoms with Crippen LogP contribution in [-0.2, 0) is 21.1 Å². The van der Waals surface area contributed by atoms with Crippen molar-refractivity contribution in [1.82, 2.24) is 9.47 Å². The summed E-state index contributed by atoms with van der Waals surface area (Å²) in [7, 11) is -0.453. The molecule has 1 aliphatic heterocycles. The molecule has 1 saturated heterocycles. The number of fused-ring (bicyclic) bond motifs is 1. The average Bonchev–Trinajstić information content (AvgIpc) is 3.21. The lowest BCUT2D eigenvalue weighted by Crippen LogP contribution is -2.43. The van der Waals surface area contributed by atoms with Crippen molar-refractivity contribution in [1.29, 1.82) is 0 Å². The van der Waals surface area contributed by atoms with Gasteiger partial charge in [-0.25, -0.2) is 8.42 Å². The van der Waals surface area contributed by atoms with E-state index in [-0.39, 0.29) is 29.8 Å². The van der Waals surface area contributed by atoms with Gasteiger partial charge in [0.2, 0.25) is 0 Å². The van der Waals surface area contributed by atoms with E-state index in [0.29, 0.717) is 34.4 Å². The van der Waals surface area contributed by atoms with Crippen LogP contribution >= 0.6 is 0 Å². The van der Waals surface area contributed by atoms with Gasteiger partial charge in [0.1, 0.15) is 12.3 Å². The van der Waals surface area contributed by atoms with Crippen LogP contribution in [0.5, 0.6) is 5.75 Å². The molecule has 1 atom stereocenters. The standard InChI is InChI=1S/C31H39F3N4O5S/c1-21-27(9-6-14-35-25-11-10-24(44(4,40)41)17-29(25)43-3)38(20-31(32,33)34)28-8-5-7-26(30(21)28)36-22-12-15-37(16-13-22)18-23(39)19-42-2/h5,7-8,10-11,17,22-23,35-36,39H,12-16,18-20H2,1-4H3. The lowest BCUT2D eigenvalue weighted by molar-refractivity contribution is -0.140. The number of aromatic nitrogens is 1. The number of hydrogen-bond acceptors (Lipinski definition) is 8. The molecule has 0 radical (unpaired) electrons. The second kappa shape index (κ2) is 14.1. The molecule has 3 aromatic rings. The molecule has 3 N–H and O–H groups in total. The van der Waals surface area contributed by atoms with Gasteiger partial charge >= 0.3 is 6.18 Å². The number of sulfone groups is 1. The SMILES string of the molecule is COCC(O)CN1CCC(Nc2cccc3c2c(C)c(C#CCNc2ccc(S(C)(=O)=O)cc2OC)n3CC(F)(F)F)CC1. The summed E-state index contributed by atoms with van der Waals surface area (Å²) >= 11 is 0. The van der Waals surface area contributed by atoms with Crippen LogP contribution in [0.15, 0.2) is 41.3 Å². The Morgan fingerprint density at radius 2 is 1.86 bits per heavy atom. The van der Waals surface area contributed by atoms with Crippen LogP contribution in [0, 0.1) is 18.8 Å². The fourth-order valence-electron chi connectivity index (χ4n) is 5.56. The first kappa shape index (κ1) is 33.5. The number of nitrogens with zero attached hydrogens (tertiary/aromatic N) is 2. The minimum atomic E-state index is -4.45. The van der Waals surface area contributed by atoms with Gasteiger partial charge in [0, 0.05) is 56.2 Å². The zero-order valence-corrected chi connectivity index (χ0v) is 26.1. The lowest BCUT2D eigenvalue weighted by atomic mass is 10.0. The maximum Gasteiger partial charge on any atom is 0.406 e. The topological polar surface area (TPSA) is 105 Å². The Bertz CT molecular complexity index is 1620. The predicted molar refractivity (Wildman–Crippen MR) is 165 cm³/mol. The Morgan fingerprint density at radius 3 is 2.50 bits per heavy atom. The van der Waals surface area contributed by atoms with Crippen molar-refractivity contribution in [2.24, 2.45) is 0 Å². The van der Waals surface area contributed by atoms with Gasteiger partial charge in [-0.2, -0.15) is 13.2 Å². The fourth-order valence-corrected chi connectivity index (χ4v) is 6.20. The zero-order valence-electron chi connectivity index (χ0n) is 25.3. The molecular weight excluding hydrogens is 597 g/mol. The van der Waals surface area contributed by atoms with E-state index in [0.717, 1.165) is 37.9 Å². The van der Waals surface area contributed by atoms with Crippen molar-refractivity contribution in [3.8, 4) is 17.6 Å². The van der Waals surface area contributed by atoms with E-state index in [2.05, 4.69) is 27.4 Å². The van der Waals surface area contributed by atoms with Crippen molar-refractivity contribution >= 4 is 32.1 Å². The number of aliphatic hydroxyl groups excluding tert-OH is 1. The lowest BCUT2D eigenvalue weighted by Gasteiger charge is -2.34. The summed E-state index contributed by atoms with van der Waals surface area (Å²) in [6, 6.07) is 9.85. The summed E-state index contributed by atoms with van der Waals surface area (Å²) < 4.78 is 76.5. The number of rotatable bonds is 11. The van der Waals surface area contributed by atoms with Crippen LogP contribution < -0.4 is 15.4 Å². The number of benzene rings is 2. The maximum absolute atomic E-state index is 13.7. The molecule has 1 aliphatic rings. The molecule has 0 saturated carbocycles. The molecule has 2 heterocycles. The third kappa shape index (κ3) is 8.38. The molecule has 0 aliphatic carbocycles. The highest BCUT2D eigenvalue weighted by Crippen LogP contribution is 2.35. The highest BCUT2D eigenvalue weighted by atomic mass is 32.2. The van der Waals surface area contributed by atoms with Crippen molar-refractivity contribution < 1.29 is 36.2 Å². The van der Waals surface area contributed by atoms with Crippen LogP contribution in [0.3, 0.4) is 0 Å².